The summed E-state index contributed by atoms with van der Waals surface area (Å²) in [4.78, 5) is 23.1. The first-order valence-corrected chi connectivity index (χ1v) is 8.07. The summed E-state index contributed by atoms with van der Waals surface area (Å²) in [5.74, 6) is 0.515. The summed E-state index contributed by atoms with van der Waals surface area (Å²) < 4.78 is 16.0. The zero-order valence-electron chi connectivity index (χ0n) is 14.5. The summed E-state index contributed by atoms with van der Waals surface area (Å²) in [7, 11) is 0. The molecule has 0 spiro atoms. The molecule has 0 aromatic heterocycles. The molecule has 0 radical (unpaired) electrons. The molecule has 7 nitrogen and oxygen atoms in total. The third-order valence-corrected chi connectivity index (χ3v) is 3.98. The largest absolute Gasteiger partial charge is 0.481 e. The molecular formula is C19H19NO6. The number of para-hydroxylation sites is 1. The number of benzene rings is 2. The predicted octanol–water partition coefficient (Wildman–Crippen LogP) is 2.43. The van der Waals surface area contributed by atoms with Crippen LogP contribution in [0.1, 0.15) is 27.0 Å². The Kier molecular flexibility index (Phi) is 4.97. The highest BCUT2D eigenvalue weighted by atomic mass is 16.7. The summed E-state index contributed by atoms with van der Waals surface area (Å²) in [6.07, 6.45) is 0. The lowest BCUT2D eigenvalue weighted by atomic mass is 10.0. The van der Waals surface area contributed by atoms with Crippen molar-refractivity contribution in [3.8, 4) is 17.2 Å². The van der Waals surface area contributed by atoms with Gasteiger partial charge in [0.25, 0.3) is 5.91 Å². The zero-order chi connectivity index (χ0) is 18.7. The normalized spacial score (nSPS) is 11.9. The number of aryl methyl sites for hydroxylation is 2. The third-order valence-electron chi connectivity index (χ3n) is 3.98. The number of hydrogen-bond donors (Lipinski definition) is 2. The van der Waals surface area contributed by atoms with Gasteiger partial charge >= 0.3 is 5.97 Å². The van der Waals surface area contributed by atoms with Crippen LogP contribution in [-0.2, 0) is 11.3 Å². The van der Waals surface area contributed by atoms with Gasteiger partial charge in [-0.05, 0) is 43.2 Å². The van der Waals surface area contributed by atoms with Crippen LogP contribution in [0.15, 0.2) is 30.3 Å². The van der Waals surface area contributed by atoms with E-state index in [0.29, 0.717) is 40.5 Å². The summed E-state index contributed by atoms with van der Waals surface area (Å²) in [6.45, 7) is 3.61. The summed E-state index contributed by atoms with van der Waals surface area (Å²) in [5, 5.41) is 11.6. The monoisotopic (exact) mass is 357 g/mol. The minimum absolute atomic E-state index is 0.177. The van der Waals surface area contributed by atoms with Crippen molar-refractivity contribution in [3.05, 3.63) is 52.6 Å². The maximum absolute atomic E-state index is 12.5. The molecule has 136 valence electrons. The second-order valence-corrected chi connectivity index (χ2v) is 5.96. The molecule has 0 atom stereocenters. The fourth-order valence-corrected chi connectivity index (χ4v) is 2.85. The van der Waals surface area contributed by atoms with Gasteiger partial charge in [-0.25, -0.2) is 4.79 Å². The molecule has 0 saturated carbocycles. The van der Waals surface area contributed by atoms with Crippen LogP contribution in [0.3, 0.4) is 0 Å². The Balaban J connectivity index is 1.70. The van der Waals surface area contributed by atoms with Crippen LogP contribution in [0, 0.1) is 13.8 Å². The Labute approximate surface area is 150 Å². The van der Waals surface area contributed by atoms with Gasteiger partial charge in [-0.15, -0.1) is 0 Å². The van der Waals surface area contributed by atoms with Gasteiger partial charge in [-0.2, -0.15) is 0 Å². The number of nitrogens with one attached hydrogen (secondary N) is 1. The van der Waals surface area contributed by atoms with Crippen molar-refractivity contribution in [2.45, 2.75) is 20.4 Å². The third kappa shape index (κ3) is 3.72. The average Bonchev–Trinajstić information content (AvgIpc) is 3.07. The molecular weight excluding hydrogens is 338 g/mol. The van der Waals surface area contributed by atoms with Crippen LogP contribution < -0.4 is 19.5 Å². The first-order valence-electron chi connectivity index (χ1n) is 8.07. The topological polar surface area (TPSA) is 94.1 Å². The minimum atomic E-state index is -1.05. The van der Waals surface area contributed by atoms with Crippen molar-refractivity contribution >= 4 is 11.9 Å². The first kappa shape index (κ1) is 17.6. The second-order valence-electron chi connectivity index (χ2n) is 5.96. The number of amides is 1. The number of carboxylic acid groups (broad SMARTS) is 1. The molecule has 1 aliphatic rings. The van der Waals surface area contributed by atoms with Crippen LogP contribution in [0.4, 0.5) is 0 Å². The number of hydrogen-bond acceptors (Lipinski definition) is 5. The molecule has 0 saturated heterocycles. The molecule has 0 fully saturated rings. The van der Waals surface area contributed by atoms with Crippen molar-refractivity contribution in [3.63, 3.8) is 0 Å². The Bertz CT molecular complexity index is 838. The quantitative estimate of drug-likeness (QED) is 0.825. The van der Waals surface area contributed by atoms with Crippen molar-refractivity contribution in [1.82, 2.24) is 5.32 Å². The van der Waals surface area contributed by atoms with Crippen LogP contribution in [0.2, 0.25) is 0 Å². The van der Waals surface area contributed by atoms with E-state index in [9.17, 15) is 9.59 Å². The van der Waals surface area contributed by atoms with E-state index in [0.717, 1.165) is 5.56 Å². The van der Waals surface area contributed by atoms with Crippen LogP contribution in [0.25, 0.3) is 0 Å². The van der Waals surface area contributed by atoms with E-state index < -0.39 is 12.6 Å². The van der Waals surface area contributed by atoms with Gasteiger partial charge in [-0.1, -0.05) is 12.1 Å². The van der Waals surface area contributed by atoms with Gasteiger partial charge in [0.2, 0.25) is 6.79 Å². The molecule has 0 aliphatic carbocycles. The first-order chi connectivity index (χ1) is 12.5. The molecule has 1 aliphatic heterocycles. The Hall–Kier alpha value is -3.22. The molecule has 26 heavy (non-hydrogen) atoms. The number of ether oxygens (including phenoxy) is 3. The number of rotatable bonds is 6. The molecule has 7 heteroatoms. The van der Waals surface area contributed by atoms with Gasteiger partial charge in [0, 0.05) is 17.7 Å². The molecule has 0 unspecified atom stereocenters. The van der Waals surface area contributed by atoms with Crippen LogP contribution >= 0.6 is 0 Å². The van der Waals surface area contributed by atoms with Gasteiger partial charge in [0.15, 0.2) is 18.1 Å². The average molecular weight is 357 g/mol. The van der Waals surface area contributed by atoms with Gasteiger partial charge in [0.05, 0.1) is 0 Å². The number of carbonyl (C=O) groups is 2. The molecule has 1 heterocycles. The van der Waals surface area contributed by atoms with Crippen molar-refractivity contribution in [2.75, 3.05) is 13.4 Å². The molecule has 3 rings (SSSR count). The Morgan fingerprint density at radius 1 is 1.19 bits per heavy atom. The minimum Gasteiger partial charge on any atom is -0.481 e. The molecule has 0 bridgehead atoms. The molecule has 2 aromatic rings. The maximum Gasteiger partial charge on any atom is 0.341 e. The van der Waals surface area contributed by atoms with E-state index in [1.54, 1.807) is 26.0 Å². The van der Waals surface area contributed by atoms with Crippen molar-refractivity contribution in [2.24, 2.45) is 0 Å². The van der Waals surface area contributed by atoms with Crippen LogP contribution in [0.5, 0.6) is 17.2 Å². The van der Waals surface area contributed by atoms with Crippen molar-refractivity contribution < 1.29 is 28.9 Å². The fraction of sp³-hybridized carbons (Fsp3) is 0.263. The number of carbonyl (C=O) groups excluding carboxylic acids is 1. The fourth-order valence-electron chi connectivity index (χ4n) is 2.85. The Morgan fingerprint density at radius 2 is 1.92 bits per heavy atom. The van der Waals surface area contributed by atoms with Gasteiger partial charge < -0.3 is 24.6 Å². The van der Waals surface area contributed by atoms with Gasteiger partial charge in [0.1, 0.15) is 5.75 Å². The Morgan fingerprint density at radius 3 is 2.62 bits per heavy atom. The highest BCUT2D eigenvalue weighted by Crippen LogP contribution is 2.35. The lowest BCUT2D eigenvalue weighted by Gasteiger charge is -2.13. The molecule has 1 amide bonds. The lowest BCUT2D eigenvalue weighted by molar-refractivity contribution is -0.139. The van der Waals surface area contributed by atoms with Crippen LogP contribution in [-0.4, -0.2) is 30.4 Å². The van der Waals surface area contributed by atoms with E-state index in [1.807, 2.05) is 18.2 Å². The van der Waals surface area contributed by atoms with E-state index >= 15 is 0 Å². The van der Waals surface area contributed by atoms with E-state index in [1.165, 1.54) is 0 Å². The predicted molar refractivity (Wildman–Crippen MR) is 92.8 cm³/mol. The SMILES string of the molecule is Cc1cc(C(=O)NCc2cccc3c2OCO3)cc(C)c1OCC(=O)O. The standard InChI is InChI=1S/C19H19NO6/c1-11-6-14(7-12(2)17(11)24-9-16(21)22)19(23)20-8-13-4-3-5-15-18(13)26-10-25-15/h3-7H,8-10H2,1-2H3,(H,20,23)(H,21,22). The maximum atomic E-state index is 12.5. The number of fused-ring (bicyclic) bond motifs is 1. The number of carboxylic acids is 1. The zero-order valence-corrected chi connectivity index (χ0v) is 14.5. The van der Waals surface area contributed by atoms with E-state index in [-0.39, 0.29) is 12.7 Å². The highest BCUT2D eigenvalue weighted by molar-refractivity contribution is 5.95. The second kappa shape index (κ2) is 7.35. The smallest absolute Gasteiger partial charge is 0.341 e. The van der Waals surface area contributed by atoms with E-state index in [2.05, 4.69) is 5.32 Å². The lowest BCUT2D eigenvalue weighted by Crippen LogP contribution is -2.23. The molecule has 2 aromatic carbocycles. The molecule has 2 N–H and O–H groups in total. The van der Waals surface area contributed by atoms with Crippen molar-refractivity contribution in [1.29, 1.82) is 0 Å². The summed E-state index contributed by atoms with van der Waals surface area (Å²) in [6, 6.07) is 8.88. The summed E-state index contributed by atoms with van der Waals surface area (Å²) in [5.41, 5.74) is 2.72. The van der Waals surface area contributed by atoms with E-state index in [4.69, 9.17) is 19.3 Å². The summed E-state index contributed by atoms with van der Waals surface area (Å²) >= 11 is 0. The van der Waals surface area contributed by atoms with Gasteiger partial charge in [-0.3, -0.25) is 4.79 Å². The number of aliphatic carboxylic acids is 1. The highest BCUT2D eigenvalue weighted by Gasteiger charge is 2.18.